The Kier molecular flexibility index (Phi) is 7.97. The maximum Gasteiger partial charge on any atom is 0.160 e. The molecule has 0 bridgehead atoms. The van der Waals surface area contributed by atoms with Gasteiger partial charge in [0.25, 0.3) is 0 Å². The van der Waals surface area contributed by atoms with E-state index in [2.05, 4.69) is 212 Å². The third kappa shape index (κ3) is 5.19. The molecular weight excluding hydrogens is 745 g/mol. The highest BCUT2D eigenvalue weighted by molar-refractivity contribution is 7.25. The highest BCUT2D eigenvalue weighted by Crippen LogP contribution is 2.58. The van der Waals surface area contributed by atoms with Crippen LogP contribution in [0.4, 0.5) is 0 Å². The molecule has 0 unspecified atom stereocenters. The van der Waals surface area contributed by atoms with E-state index in [1.807, 2.05) is 17.4 Å². The van der Waals surface area contributed by atoms with Crippen molar-refractivity contribution in [2.75, 3.05) is 0 Å². The van der Waals surface area contributed by atoms with E-state index in [9.17, 15) is 0 Å². The number of rotatable bonds is 6. The zero-order valence-electron chi connectivity index (χ0n) is 32.6. The van der Waals surface area contributed by atoms with Gasteiger partial charge in [0.05, 0.1) is 16.8 Å². The van der Waals surface area contributed by atoms with E-state index in [1.54, 1.807) is 0 Å². The van der Waals surface area contributed by atoms with E-state index in [0.717, 1.165) is 33.5 Å². The van der Waals surface area contributed by atoms with Crippen LogP contribution < -0.4 is 0 Å². The van der Waals surface area contributed by atoms with Gasteiger partial charge in [0.15, 0.2) is 5.82 Å². The first-order valence-electron chi connectivity index (χ1n) is 20.5. The smallest absolute Gasteiger partial charge is 0.160 e. The maximum absolute atomic E-state index is 5.35. The Morgan fingerprint density at radius 2 is 0.867 bits per heavy atom. The van der Waals surface area contributed by atoms with Crippen LogP contribution in [0.1, 0.15) is 22.3 Å². The topological polar surface area (TPSA) is 25.8 Å². The van der Waals surface area contributed by atoms with Crippen molar-refractivity contribution in [3.05, 3.63) is 241 Å². The molecule has 0 radical (unpaired) electrons. The summed E-state index contributed by atoms with van der Waals surface area (Å²) in [6.07, 6.45) is 0. The normalized spacial score (nSPS) is 12.8. The fourth-order valence-corrected chi connectivity index (χ4v) is 11.0. The lowest BCUT2D eigenvalue weighted by Gasteiger charge is -2.34. The fourth-order valence-electron chi connectivity index (χ4n) is 9.90. The summed E-state index contributed by atoms with van der Waals surface area (Å²) in [4.78, 5) is 10.6. The SMILES string of the molecule is c1ccc(-c2nc(-c3ccc(-c4cccc5c4-c4ccccc4C5(c4ccccc4)c4ccccc4)c4ccccc34)cc(-c3cccc4sc5ccccc5c34)n2)cc1. The number of fused-ring (bicyclic) bond motifs is 7. The molecule has 0 saturated heterocycles. The molecule has 0 N–H and O–H groups in total. The number of nitrogens with zero attached hydrogens (tertiary/aromatic N) is 2. The Labute approximate surface area is 352 Å². The van der Waals surface area contributed by atoms with Gasteiger partial charge in [-0.25, -0.2) is 9.97 Å². The van der Waals surface area contributed by atoms with Gasteiger partial charge in [-0.15, -0.1) is 11.3 Å². The van der Waals surface area contributed by atoms with Gasteiger partial charge in [0.2, 0.25) is 0 Å². The predicted octanol–water partition coefficient (Wildman–Crippen LogP) is 15.0. The number of thiophene rings is 1. The van der Waals surface area contributed by atoms with Gasteiger partial charge in [-0.1, -0.05) is 200 Å². The van der Waals surface area contributed by atoms with E-state index in [0.29, 0.717) is 5.82 Å². The lowest BCUT2D eigenvalue weighted by atomic mass is 9.67. The van der Waals surface area contributed by atoms with E-state index in [-0.39, 0.29) is 0 Å². The van der Waals surface area contributed by atoms with Crippen LogP contribution >= 0.6 is 11.3 Å². The minimum absolute atomic E-state index is 0.470. The maximum atomic E-state index is 5.35. The van der Waals surface area contributed by atoms with Crippen LogP contribution in [-0.2, 0) is 5.41 Å². The summed E-state index contributed by atoms with van der Waals surface area (Å²) >= 11 is 1.83. The molecule has 0 aliphatic heterocycles. The average molecular weight is 781 g/mol. The first kappa shape index (κ1) is 34.6. The van der Waals surface area contributed by atoms with Crippen LogP contribution in [-0.4, -0.2) is 9.97 Å². The molecule has 0 amide bonds. The molecule has 2 aromatic heterocycles. The van der Waals surface area contributed by atoms with Crippen LogP contribution in [0.3, 0.4) is 0 Å². The zero-order valence-corrected chi connectivity index (χ0v) is 33.4. The van der Waals surface area contributed by atoms with Crippen LogP contribution in [0.25, 0.3) is 87.1 Å². The highest BCUT2D eigenvalue weighted by atomic mass is 32.1. The number of aromatic nitrogens is 2. The van der Waals surface area contributed by atoms with E-state index < -0.39 is 5.41 Å². The summed E-state index contributed by atoms with van der Waals surface area (Å²) < 4.78 is 2.53. The molecular formula is C57H36N2S. The summed E-state index contributed by atoms with van der Waals surface area (Å²) in [6, 6.07) is 79.2. The molecule has 0 spiro atoms. The second-order valence-corrected chi connectivity index (χ2v) is 16.7. The van der Waals surface area contributed by atoms with Crippen molar-refractivity contribution < 1.29 is 0 Å². The molecule has 2 heterocycles. The lowest BCUT2D eigenvalue weighted by molar-refractivity contribution is 0.768. The van der Waals surface area contributed by atoms with Crippen molar-refractivity contribution in [2.45, 2.75) is 5.41 Å². The first-order valence-corrected chi connectivity index (χ1v) is 21.3. The van der Waals surface area contributed by atoms with Gasteiger partial charge in [-0.05, 0) is 73.5 Å². The molecule has 0 atom stereocenters. The third-order valence-electron chi connectivity index (χ3n) is 12.4. The van der Waals surface area contributed by atoms with Gasteiger partial charge >= 0.3 is 0 Å². The van der Waals surface area contributed by atoms with Crippen molar-refractivity contribution in [1.82, 2.24) is 9.97 Å². The molecule has 1 aliphatic carbocycles. The molecule has 2 nitrogen and oxygen atoms in total. The van der Waals surface area contributed by atoms with Crippen molar-refractivity contribution in [2.24, 2.45) is 0 Å². The third-order valence-corrected chi connectivity index (χ3v) is 13.5. The minimum Gasteiger partial charge on any atom is -0.228 e. The van der Waals surface area contributed by atoms with E-state index in [4.69, 9.17) is 9.97 Å². The summed E-state index contributed by atoms with van der Waals surface area (Å²) in [5.41, 5.74) is 14.6. The largest absolute Gasteiger partial charge is 0.228 e. The van der Waals surface area contributed by atoms with Crippen molar-refractivity contribution in [3.8, 4) is 56.2 Å². The number of hydrogen-bond acceptors (Lipinski definition) is 3. The molecule has 12 rings (SSSR count). The van der Waals surface area contributed by atoms with Crippen LogP contribution in [0.5, 0.6) is 0 Å². The lowest BCUT2D eigenvalue weighted by Crippen LogP contribution is -2.28. The summed E-state index contributed by atoms with van der Waals surface area (Å²) in [6.45, 7) is 0. The molecule has 60 heavy (non-hydrogen) atoms. The molecule has 280 valence electrons. The van der Waals surface area contributed by atoms with Gasteiger partial charge in [-0.3, -0.25) is 0 Å². The number of benzene rings is 9. The molecule has 0 saturated carbocycles. The molecule has 3 heteroatoms. The predicted molar refractivity (Wildman–Crippen MR) is 251 cm³/mol. The zero-order chi connectivity index (χ0) is 39.6. The first-order chi connectivity index (χ1) is 29.8. The Balaban J connectivity index is 1.10. The quantitative estimate of drug-likeness (QED) is 0.168. The Morgan fingerprint density at radius 3 is 1.62 bits per heavy atom. The summed E-state index contributed by atoms with van der Waals surface area (Å²) in [5.74, 6) is 0.712. The van der Waals surface area contributed by atoms with E-state index >= 15 is 0 Å². The standard InChI is InChI=1S/C57H36N2S/c1-4-18-37(19-5-1)56-58-50(36-51(59-56)46-29-17-33-53-55(46)47-27-13-15-32-52(47)60-53)43-35-34-42(40-24-10-11-25-41(40)43)44-28-16-31-49-54(44)45-26-12-14-30-48(45)57(49,38-20-6-2-7-21-38)39-22-8-3-9-23-39/h1-36H. The Morgan fingerprint density at radius 1 is 0.350 bits per heavy atom. The van der Waals surface area contributed by atoms with Crippen LogP contribution in [0.15, 0.2) is 218 Å². The van der Waals surface area contributed by atoms with Gasteiger partial charge < -0.3 is 0 Å². The highest BCUT2D eigenvalue weighted by Gasteiger charge is 2.46. The Bertz CT molecular complexity index is 3380. The minimum atomic E-state index is -0.470. The molecule has 0 fully saturated rings. The molecule has 1 aliphatic rings. The second kappa shape index (κ2) is 13.8. The van der Waals surface area contributed by atoms with Gasteiger partial charge in [0.1, 0.15) is 0 Å². The van der Waals surface area contributed by atoms with Crippen LogP contribution in [0, 0.1) is 0 Å². The monoisotopic (exact) mass is 780 g/mol. The van der Waals surface area contributed by atoms with Crippen LogP contribution in [0.2, 0.25) is 0 Å². The molecule has 9 aromatic carbocycles. The molecule has 11 aromatic rings. The van der Waals surface area contributed by atoms with Gasteiger partial charge in [-0.2, -0.15) is 0 Å². The Hall–Kier alpha value is -7.46. The van der Waals surface area contributed by atoms with Crippen molar-refractivity contribution >= 4 is 42.3 Å². The second-order valence-electron chi connectivity index (χ2n) is 15.6. The summed E-state index contributed by atoms with van der Waals surface area (Å²) in [7, 11) is 0. The van der Waals surface area contributed by atoms with E-state index in [1.165, 1.54) is 70.1 Å². The number of hydrogen-bond donors (Lipinski definition) is 0. The average Bonchev–Trinajstić information content (AvgIpc) is 3.86. The van der Waals surface area contributed by atoms with Crippen molar-refractivity contribution in [1.29, 1.82) is 0 Å². The fraction of sp³-hybridized carbons (Fsp3) is 0.0175. The summed E-state index contributed by atoms with van der Waals surface area (Å²) in [5, 5.41) is 4.83. The van der Waals surface area contributed by atoms with Crippen molar-refractivity contribution in [3.63, 3.8) is 0 Å². The van der Waals surface area contributed by atoms with Gasteiger partial charge in [0, 0.05) is 36.9 Å².